The van der Waals surface area contributed by atoms with Crippen LogP contribution >= 0.6 is 15.9 Å². The first kappa shape index (κ1) is 14.5. The summed E-state index contributed by atoms with van der Waals surface area (Å²) in [6.07, 6.45) is 0. The van der Waals surface area contributed by atoms with Crippen molar-refractivity contribution >= 4 is 21.6 Å². The molecule has 0 bridgehead atoms. The molecule has 0 aromatic heterocycles. The number of nitro benzene ring substituents is 1. The summed E-state index contributed by atoms with van der Waals surface area (Å²) in [6, 6.07) is 11.8. The zero-order valence-corrected chi connectivity index (χ0v) is 12.3. The highest BCUT2D eigenvalue weighted by Gasteiger charge is 2.17. The molecule has 2 N–H and O–H groups in total. The Morgan fingerprint density at radius 1 is 1.20 bits per heavy atom. The molecule has 6 heteroatoms. The molecule has 0 saturated heterocycles. The van der Waals surface area contributed by atoms with Gasteiger partial charge in [-0.15, -0.1) is 0 Å². The SMILES string of the molecule is C[C@@H](N)c1ccccc1Oc1cccc([N+](=O)[O-])c1Br. The molecule has 104 valence electrons. The van der Waals surface area contributed by atoms with Gasteiger partial charge in [0.05, 0.1) is 4.92 Å². The molecule has 20 heavy (non-hydrogen) atoms. The van der Waals surface area contributed by atoms with Gasteiger partial charge in [-0.3, -0.25) is 10.1 Å². The molecule has 0 spiro atoms. The van der Waals surface area contributed by atoms with Gasteiger partial charge < -0.3 is 10.5 Å². The first-order chi connectivity index (χ1) is 9.50. The van der Waals surface area contributed by atoms with Crippen LogP contribution in [-0.2, 0) is 0 Å². The molecular formula is C14H13BrN2O3. The van der Waals surface area contributed by atoms with Crippen LogP contribution in [0.25, 0.3) is 0 Å². The lowest BCUT2D eigenvalue weighted by molar-refractivity contribution is -0.385. The van der Waals surface area contributed by atoms with Crippen LogP contribution in [0.5, 0.6) is 11.5 Å². The summed E-state index contributed by atoms with van der Waals surface area (Å²) in [5.41, 5.74) is 6.68. The average molecular weight is 337 g/mol. The van der Waals surface area contributed by atoms with E-state index in [4.69, 9.17) is 10.5 Å². The highest BCUT2D eigenvalue weighted by Crippen LogP contribution is 2.37. The molecule has 0 saturated carbocycles. The van der Waals surface area contributed by atoms with E-state index >= 15 is 0 Å². The lowest BCUT2D eigenvalue weighted by Gasteiger charge is -2.14. The highest BCUT2D eigenvalue weighted by molar-refractivity contribution is 9.10. The standard InChI is InChI=1S/C14H13BrN2O3/c1-9(16)10-5-2-3-7-12(10)20-13-8-4-6-11(14(13)15)17(18)19/h2-9H,16H2,1H3/t9-/m1/s1. The number of benzene rings is 2. The molecular weight excluding hydrogens is 324 g/mol. The highest BCUT2D eigenvalue weighted by atomic mass is 79.9. The summed E-state index contributed by atoms with van der Waals surface area (Å²) < 4.78 is 6.07. The van der Waals surface area contributed by atoms with Gasteiger partial charge in [0.25, 0.3) is 5.69 Å². The Morgan fingerprint density at radius 2 is 1.85 bits per heavy atom. The Balaban J connectivity index is 2.41. The summed E-state index contributed by atoms with van der Waals surface area (Å²) >= 11 is 3.20. The van der Waals surface area contributed by atoms with E-state index in [9.17, 15) is 10.1 Å². The number of halogens is 1. The Hall–Kier alpha value is -1.92. The van der Waals surface area contributed by atoms with Gasteiger partial charge in [0.1, 0.15) is 16.0 Å². The van der Waals surface area contributed by atoms with Crippen molar-refractivity contribution in [3.8, 4) is 11.5 Å². The molecule has 0 amide bonds. The van der Waals surface area contributed by atoms with Crippen molar-refractivity contribution in [1.29, 1.82) is 0 Å². The number of nitrogens with zero attached hydrogens (tertiary/aromatic N) is 1. The first-order valence-corrected chi connectivity index (χ1v) is 6.75. The van der Waals surface area contributed by atoms with E-state index in [1.54, 1.807) is 18.2 Å². The smallest absolute Gasteiger partial charge is 0.287 e. The van der Waals surface area contributed by atoms with Crippen LogP contribution < -0.4 is 10.5 Å². The summed E-state index contributed by atoms with van der Waals surface area (Å²) in [4.78, 5) is 10.4. The molecule has 2 rings (SSSR count). The van der Waals surface area contributed by atoms with Gasteiger partial charge in [-0.1, -0.05) is 24.3 Å². The second-order valence-corrected chi connectivity index (χ2v) is 5.07. The third-order valence-electron chi connectivity index (χ3n) is 2.77. The van der Waals surface area contributed by atoms with Crippen molar-refractivity contribution in [3.63, 3.8) is 0 Å². The van der Waals surface area contributed by atoms with Gasteiger partial charge >= 0.3 is 0 Å². The molecule has 0 aliphatic rings. The summed E-state index contributed by atoms with van der Waals surface area (Å²) in [6.45, 7) is 1.85. The molecule has 5 nitrogen and oxygen atoms in total. The van der Waals surface area contributed by atoms with E-state index in [-0.39, 0.29) is 11.7 Å². The lowest BCUT2D eigenvalue weighted by Crippen LogP contribution is -2.06. The predicted molar refractivity (Wildman–Crippen MR) is 79.9 cm³/mol. The number of nitro groups is 1. The Kier molecular flexibility index (Phi) is 4.36. The minimum Gasteiger partial charge on any atom is -0.456 e. The van der Waals surface area contributed by atoms with E-state index < -0.39 is 4.92 Å². The Bertz CT molecular complexity index is 644. The van der Waals surface area contributed by atoms with E-state index in [0.717, 1.165) is 5.56 Å². The number of hydrogen-bond donors (Lipinski definition) is 1. The zero-order chi connectivity index (χ0) is 14.7. The minimum absolute atomic E-state index is 0.0409. The fraction of sp³-hybridized carbons (Fsp3) is 0.143. The van der Waals surface area contributed by atoms with Crippen LogP contribution in [0.2, 0.25) is 0 Å². The maximum atomic E-state index is 10.9. The monoisotopic (exact) mass is 336 g/mol. The Labute approximate surface area is 124 Å². The summed E-state index contributed by atoms with van der Waals surface area (Å²) in [7, 11) is 0. The molecule has 0 radical (unpaired) electrons. The zero-order valence-electron chi connectivity index (χ0n) is 10.7. The third kappa shape index (κ3) is 2.97. The van der Waals surface area contributed by atoms with Crippen molar-refractivity contribution in [2.75, 3.05) is 0 Å². The maximum absolute atomic E-state index is 10.9. The second-order valence-electron chi connectivity index (χ2n) is 4.27. The fourth-order valence-corrected chi connectivity index (χ4v) is 2.28. The van der Waals surface area contributed by atoms with Crippen molar-refractivity contribution in [2.45, 2.75) is 13.0 Å². The Morgan fingerprint density at radius 3 is 2.50 bits per heavy atom. The average Bonchev–Trinajstić information content (AvgIpc) is 2.41. The first-order valence-electron chi connectivity index (χ1n) is 5.96. The largest absolute Gasteiger partial charge is 0.456 e. The van der Waals surface area contributed by atoms with Crippen LogP contribution in [0.3, 0.4) is 0 Å². The van der Waals surface area contributed by atoms with Gasteiger partial charge in [0.15, 0.2) is 0 Å². The van der Waals surface area contributed by atoms with Gasteiger partial charge in [0.2, 0.25) is 0 Å². The predicted octanol–water partition coefficient (Wildman–Crippen LogP) is 4.17. The number of ether oxygens (including phenoxy) is 1. The molecule has 1 atom stereocenters. The molecule has 0 unspecified atom stereocenters. The van der Waals surface area contributed by atoms with E-state index in [1.807, 2.05) is 25.1 Å². The van der Waals surface area contributed by atoms with Crippen molar-refractivity contribution in [3.05, 3.63) is 62.6 Å². The number of para-hydroxylation sites is 1. The van der Waals surface area contributed by atoms with Crippen molar-refractivity contribution in [1.82, 2.24) is 0 Å². The summed E-state index contributed by atoms with van der Waals surface area (Å²) in [5, 5.41) is 10.9. The summed E-state index contributed by atoms with van der Waals surface area (Å²) in [5.74, 6) is 0.969. The van der Waals surface area contributed by atoms with Crippen molar-refractivity contribution in [2.24, 2.45) is 5.73 Å². The van der Waals surface area contributed by atoms with Crippen molar-refractivity contribution < 1.29 is 9.66 Å². The van der Waals surface area contributed by atoms with Crippen LogP contribution in [-0.4, -0.2) is 4.92 Å². The number of nitrogens with two attached hydrogens (primary N) is 1. The van der Waals surface area contributed by atoms with E-state index in [0.29, 0.717) is 16.0 Å². The fourth-order valence-electron chi connectivity index (χ4n) is 1.79. The van der Waals surface area contributed by atoms with Gasteiger partial charge in [-0.05, 0) is 35.0 Å². The van der Waals surface area contributed by atoms with Gasteiger partial charge in [-0.2, -0.15) is 0 Å². The van der Waals surface area contributed by atoms with E-state index in [1.165, 1.54) is 6.07 Å². The van der Waals surface area contributed by atoms with Crippen LogP contribution in [0.1, 0.15) is 18.5 Å². The lowest BCUT2D eigenvalue weighted by atomic mass is 10.1. The minimum atomic E-state index is -0.464. The van der Waals surface area contributed by atoms with Gasteiger partial charge in [0, 0.05) is 17.7 Å². The normalized spacial score (nSPS) is 11.9. The van der Waals surface area contributed by atoms with Crippen LogP contribution in [0.15, 0.2) is 46.9 Å². The molecule has 0 heterocycles. The topological polar surface area (TPSA) is 78.4 Å². The van der Waals surface area contributed by atoms with Gasteiger partial charge in [-0.25, -0.2) is 0 Å². The molecule has 2 aromatic rings. The quantitative estimate of drug-likeness (QED) is 0.671. The molecule has 0 fully saturated rings. The number of rotatable bonds is 4. The second kappa shape index (κ2) is 6.02. The third-order valence-corrected chi connectivity index (χ3v) is 3.57. The molecule has 2 aromatic carbocycles. The molecule has 0 aliphatic heterocycles. The maximum Gasteiger partial charge on any atom is 0.287 e. The van der Waals surface area contributed by atoms with Crippen LogP contribution in [0.4, 0.5) is 5.69 Å². The number of hydrogen-bond acceptors (Lipinski definition) is 4. The van der Waals surface area contributed by atoms with Crippen LogP contribution in [0, 0.1) is 10.1 Å². The van der Waals surface area contributed by atoms with E-state index in [2.05, 4.69) is 15.9 Å². The molecule has 0 aliphatic carbocycles.